The van der Waals surface area contributed by atoms with Gasteiger partial charge in [-0.25, -0.2) is 0 Å². The molecule has 1 aliphatic carbocycles. The van der Waals surface area contributed by atoms with Crippen LogP contribution in [0.5, 0.6) is 0 Å². The van der Waals surface area contributed by atoms with E-state index in [0.717, 1.165) is 18.5 Å². The van der Waals surface area contributed by atoms with Crippen molar-refractivity contribution in [3.05, 3.63) is 0 Å². The fourth-order valence-electron chi connectivity index (χ4n) is 3.26. The molecule has 3 atom stereocenters. The molecular weight excluding hydrogens is 172 g/mol. The lowest BCUT2D eigenvalue weighted by Gasteiger charge is -2.37. The van der Waals surface area contributed by atoms with Gasteiger partial charge in [0, 0.05) is 25.2 Å². The van der Waals surface area contributed by atoms with Gasteiger partial charge in [0.1, 0.15) is 0 Å². The molecule has 1 aliphatic heterocycles. The summed E-state index contributed by atoms with van der Waals surface area (Å²) in [5, 5.41) is 0. The molecule has 14 heavy (non-hydrogen) atoms. The van der Waals surface area contributed by atoms with Gasteiger partial charge in [-0.15, -0.1) is 0 Å². The minimum atomic E-state index is 0.453. The van der Waals surface area contributed by atoms with Crippen LogP contribution in [0.4, 0.5) is 0 Å². The first kappa shape index (κ1) is 10.4. The monoisotopic (exact) mass is 196 g/mol. The molecule has 3 unspecified atom stereocenters. The van der Waals surface area contributed by atoms with E-state index in [1.54, 1.807) is 0 Å². The highest BCUT2D eigenvalue weighted by molar-refractivity contribution is 4.88. The van der Waals surface area contributed by atoms with Crippen LogP contribution in [0.15, 0.2) is 0 Å². The number of hydrogen-bond donors (Lipinski definition) is 1. The second kappa shape index (κ2) is 4.63. The average Bonchev–Trinajstić information content (AvgIpc) is 2.65. The molecule has 0 aromatic carbocycles. The Balaban J connectivity index is 1.93. The third-order valence-electron chi connectivity index (χ3n) is 4.12. The number of likely N-dealkylation sites (tertiary alicyclic amines) is 1. The third kappa shape index (κ3) is 2.12. The highest BCUT2D eigenvalue weighted by Gasteiger charge is 2.32. The topological polar surface area (TPSA) is 29.3 Å². The molecular formula is C12H24N2. The Labute approximate surface area is 87.8 Å². The summed E-state index contributed by atoms with van der Waals surface area (Å²) in [6.45, 7) is 4.75. The highest BCUT2D eigenvalue weighted by Crippen LogP contribution is 2.32. The Morgan fingerprint density at radius 1 is 1.21 bits per heavy atom. The summed E-state index contributed by atoms with van der Waals surface area (Å²) in [5.41, 5.74) is 5.98. The second-order valence-electron chi connectivity index (χ2n) is 5.06. The molecule has 0 bridgehead atoms. The molecule has 82 valence electrons. The van der Waals surface area contributed by atoms with Crippen LogP contribution in [-0.2, 0) is 0 Å². The maximum absolute atomic E-state index is 5.98. The van der Waals surface area contributed by atoms with E-state index >= 15 is 0 Å². The molecule has 0 spiro atoms. The van der Waals surface area contributed by atoms with Crippen molar-refractivity contribution in [2.45, 2.75) is 57.5 Å². The van der Waals surface area contributed by atoms with Crippen LogP contribution >= 0.6 is 0 Å². The first-order valence-electron chi connectivity index (χ1n) is 6.31. The van der Waals surface area contributed by atoms with Gasteiger partial charge in [0.05, 0.1) is 0 Å². The minimum Gasteiger partial charge on any atom is -0.326 e. The number of nitrogens with two attached hydrogens (primary N) is 1. The summed E-state index contributed by atoms with van der Waals surface area (Å²) in [5.74, 6) is 0.953. The van der Waals surface area contributed by atoms with Crippen molar-refractivity contribution in [2.75, 3.05) is 13.1 Å². The summed E-state index contributed by atoms with van der Waals surface area (Å²) in [4.78, 5) is 2.66. The van der Waals surface area contributed by atoms with Crippen LogP contribution in [0, 0.1) is 5.92 Å². The Morgan fingerprint density at radius 3 is 2.64 bits per heavy atom. The molecule has 0 radical (unpaired) electrons. The highest BCUT2D eigenvalue weighted by atomic mass is 15.2. The van der Waals surface area contributed by atoms with Gasteiger partial charge in [0.25, 0.3) is 0 Å². The van der Waals surface area contributed by atoms with Crippen molar-refractivity contribution in [3.8, 4) is 0 Å². The van der Waals surface area contributed by atoms with Crippen molar-refractivity contribution in [2.24, 2.45) is 11.7 Å². The molecule has 0 aromatic heterocycles. The summed E-state index contributed by atoms with van der Waals surface area (Å²) in [7, 11) is 0. The van der Waals surface area contributed by atoms with Gasteiger partial charge in [-0.3, -0.25) is 4.90 Å². The molecule has 2 aliphatic rings. The van der Waals surface area contributed by atoms with Crippen molar-refractivity contribution in [3.63, 3.8) is 0 Å². The lowest BCUT2D eigenvalue weighted by molar-refractivity contribution is 0.124. The number of rotatable bonds is 2. The van der Waals surface area contributed by atoms with Gasteiger partial charge >= 0.3 is 0 Å². The number of nitrogens with zero attached hydrogens (tertiary/aromatic N) is 1. The minimum absolute atomic E-state index is 0.453. The summed E-state index contributed by atoms with van der Waals surface area (Å²) in [6.07, 6.45) is 8.34. The van der Waals surface area contributed by atoms with Gasteiger partial charge in [0.2, 0.25) is 0 Å². The van der Waals surface area contributed by atoms with Crippen molar-refractivity contribution < 1.29 is 0 Å². The quantitative estimate of drug-likeness (QED) is 0.732. The molecule has 0 amide bonds. The molecule has 2 heteroatoms. The third-order valence-corrected chi connectivity index (χ3v) is 4.12. The molecule has 2 nitrogen and oxygen atoms in total. The maximum Gasteiger partial charge on any atom is 0.0180 e. The first-order chi connectivity index (χ1) is 6.81. The molecule has 2 fully saturated rings. The van der Waals surface area contributed by atoms with Gasteiger partial charge < -0.3 is 5.73 Å². The molecule has 0 aromatic rings. The van der Waals surface area contributed by atoms with Gasteiger partial charge in [0.15, 0.2) is 0 Å². The Kier molecular flexibility index (Phi) is 3.45. The summed E-state index contributed by atoms with van der Waals surface area (Å²) < 4.78 is 0. The summed E-state index contributed by atoms with van der Waals surface area (Å²) in [6, 6.07) is 1.32. The first-order valence-corrected chi connectivity index (χ1v) is 6.31. The predicted octanol–water partition coefficient (Wildman–Crippen LogP) is 1.99. The molecule has 1 saturated heterocycles. The van der Waals surface area contributed by atoms with Crippen LogP contribution in [0.2, 0.25) is 0 Å². The normalized spacial score (nSPS) is 40.3. The van der Waals surface area contributed by atoms with Crippen LogP contribution < -0.4 is 5.73 Å². The predicted molar refractivity (Wildman–Crippen MR) is 60.2 cm³/mol. The van der Waals surface area contributed by atoms with Crippen LogP contribution in [0.25, 0.3) is 0 Å². The van der Waals surface area contributed by atoms with E-state index in [9.17, 15) is 0 Å². The SMILES string of the molecule is CCC1CCCCC1N1CCC(N)C1. The van der Waals surface area contributed by atoms with E-state index in [-0.39, 0.29) is 0 Å². The van der Waals surface area contributed by atoms with E-state index in [1.807, 2.05) is 0 Å². The zero-order valence-corrected chi connectivity index (χ0v) is 9.41. The van der Waals surface area contributed by atoms with Crippen molar-refractivity contribution >= 4 is 0 Å². The summed E-state index contributed by atoms with van der Waals surface area (Å²) >= 11 is 0. The Hall–Kier alpha value is -0.0800. The maximum atomic E-state index is 5.98. The van der Waals surface area contributed by atoms with Crippen molar-refractivity contribution in [1.29, 1.82) is 0 Å². The average molecular weight is 196 g/mol. The van der Waals surface area contributed by atoms with E-state index in [0.29, 0.717) is 6.04 Å². The van der Waals surface area contributed by atoms with E-state index < -0.39 is 0 Å². The van der Waals surface area contributed by atoms with Crippen LogP contribution in [0.3, 0.4) is 0 Å². The lowest BCUT2D eigenvalue weighted by atomic mass is 9.82. The second-order valence-corrected chi connectivity index (χ2v) is 5.06. The Bertz CT molecular complexity index is 181. The molecule has 1 saturated carbocycles. The zero-order valence-electron chi connectivity index (χ0n) is 9.41. The number of hydrogen-bond acceptors (Lipinski definition) is 2. The molecule has 2 rings (SSSR count). The van der Waals surface area contributed by atoms with Gasteiger partial charge in [-0.1, -0.05) is 26.2 Å². The zero-order chi connectivity index (χ0) is 9.97. The van der Waals surface area contributed by atoms with Crippen molar-refractivity contribution in [1.82, 2.24) is 4.90 Å². The van der Waals surface area contributed by atoms with Crippen LogP contribution in [0.1, 0.15) is 45.4 Å². The smallest absolute Gasteiger partial charge is 0.0180 e. The van der Waals surface area contributed by atoms with Gasteiger partial charge in [-0.2, -0.15) is 0 Å². The van der Waals surface area contributed by atoms with E-state index in [2.05, 4.69) is 11.8 Å². The Morgan fingerprint density at radius 2 is 2.00 bits per heavy atom. The molecule has 2 N–H and O–H groups in total. The van der Waals surface area contributed by atoms with Crippen LogP contribution in [-0.4, -0.2) is 30.1 Å². The molecule has 1 heterocycles. The van der Waals surface area contributed by atoms with Gasteiger partial charge in [-0.05, 0) is 25.2 Å². The largest absolute Gasteiger partial charge is 0.326 e. The standard InChI is InChI=1S/C12H24N2/c1-2-10-5-3-4-6-12(10)14-8-7-11(13)9-14/h10-12H,2-9,13H2,1H3. The fourth-order valence-corrected chi connectivity index (χ4v) is 3.26. The van der Waals surface area contributed by atoms with E-state index in [1.165, 1.54) is 45.1 Å². The lowest BCUT2D eigenvalue weighted by Crippen LogP contribution is -2.42. The fraction of sp³-hybridized carbons (Fsp3) is 1.00. The van der Waals surface area contributed by atoms with E-state index in [4.69, 9.17) is 5.73 Å².